The number of rotatable bonds is 4. The smallest absolute Gasteiger partial charge is 0.335 e. The van der Waals surface area contributed by atoms with Crippen LogP contribution in [0.2, 0.25) is 35.2 Å². The van der Waals surface area contributed by atoms with Crippen molar-refractivity contribution in [1.29, 1.82) is 0 Å². The summed E-state index contributed by atoms with van der Waals surface area (Å²) in [4.78, 5) is 55.3. The molecule has 0 spiro atoms. The third-order valence-electron chi connectivity index (χ3n) is 7.00. The number of ether oxygens (including phenoxy) is 2. The molecule has 0 bridgehead atoms. The van der Waals surface area contributed by atoms with Crippen LogP contribution in [0.25, 0.3) is 0 Å². The fraction of sp³-hybridized carbons (Fsp3) is 0.125. The van der Waals surface area contributed by atoms with Gasteiger partial charge in [0.15, 0.2) is 0 Å². The van der Waals surface area contributed by atoms with Gasteiger partial charge >= 0.3 is 12.1 Å². The molecule has 0 saturated carbocycles. The van der Waals surface area contributed by atoms with Crippen LogP contribution in [0, 0.1) is 0 Å². The van der Waals surface area contributed by atoms with Crippen molar-refractivity contribution in [1.82, 2.24) is 9.80 Å². The number of nitrogens with zero attached hydrogens (tertiary/aromatic N) is 4. The van der Waals surface area contributed by atoms with Crippen molar-refractivity contribution in [3.05, 3.63) is 125 Å². The maximum Gasteiger partial charge on any atom is 0.335 e. The van der Waals surface area contributed by atoms with Crippen LogP contribution in [-0.4, -0.2) is 60.6 Å². The van der Waals surface area contributed by atoms with E-state index in [1.54, 1.807) is 48.5 Å². The normalized spacial score (nSPS) is 14.8. The number of anilines is 2. The average Bonchev–Trinajstić information content (AvgIpc) is 3.07. The van der Waals surface area contributed by atoms with Crippen molar-refractivity contribution in [2.24, 2.45) is 0 Å². The number of carbonyl (C=O) groups is 4. The number of urea groups is 2. The quantitative estimate of drug-likeness (QED) is 0.204. The van der Waals surface area contributed by atoms with E-state index in [0.29, 0.717) is 21.4 Å². The molecular formula is C32H21Cl7N4O6. The van der Waals surface area contributed by atoms with Gasteiger partial charge in [-0.15, -0.1) is 0 Å². The minimum atomic E-state index is -0.648. The Morgan fingerprint density at radius 3 is 1.33 bits per heavy atom. The third-order valence-corrected chi connectivity index (χ3v) is 9.25. The number of benzene rings is 4. The number of halogens is 7. The molecule has 0 radical (unpaired) electrons. The number of imide groups is 2. The molecule has 0 atom stereocenters. The Morgan fingerprint density at radius 2 is 0.898 bits per heavy atom. The second-order valence-corrected chi connectivity index (χ2v) is 13.0. The molecule has 2 fully saturated rings. The predicted octanol–water partition coefficient (Wildman–Crippen LogP) is 9.97. The summed E-state index contributed by atoms with van der Waals surface area (Å²) < 4.78 is 10.7. The Balaban J connectivity index is 0.000000191. The van der Waals surface area contributed by atoms with Crippen LogP contribution in [0.1, 0.15) is 20.7 Å². The van der Waals surface area contributed by atoms with E-state index in [1.807, 2.05) is 0 Å². The van der Waals surface area contributed by atoms with E-state index in [-0.39, 0.29) is 63.2 Å². The summed E-state index contributed by atoms with van der Waals surface area (Å²) >= 11 is 41.9. The molecule has 2 aliphatic heterocycles. The molecule has 49 heavy (non-hydrogen) atoms. The number of carbonyl (C=O) groups excluding carboxylic acids is 4. The lowest BCUT2D eigenvalue weighted by molar-refractivity contribution is 0.0212. The van der Waals surface area contributed by atoms with Crippen molar-refractivity contribution in [3.63, 3.8) is 0 Å². The molecule has 6 rings (SSSR count). The zero-order valence-corrected chi connectivity index (χ0v) is 30.0. The van der Waals surface area contributed by atoms with Gasteiger partial charge in [0.05, 0.1) is 41.3 Å². The standard InChI is InChI=1S/C16H10Cl4N2O3.C16H11Cl3N2O3/c17-10-5-4-9(6-13(10)20)21-7-25-8-22(16(21)24)15(23)14-11(18)2-1-3-12(14)19;17-10-4-6-11(7-5-10)20-8-24-9-21(16(20)23)15(22)14-12(18)2-1-3-13(14)19/h1-6H,7-8H2;1-7H,8-9H2. The van der Waals surface area contributed by atoms with Gasteiger partial charge < -0.3 is 9.47 Å². The molecule has 4 aromatic carbocycles. The van der Waals surface area contributed by atoms with Crippen LogP contribution in [-0.2, 0) is 9.47 Å². The van der Waals surface area contributed by atoms with E-state index in [1.165, 1.54) is 40.1 Å². The Bertz CT molecular complexity index is 1890. The molecule has 6 amide bonds. The van der Waals surface area contributed by atoms with Crippen LogP contribution >= 0.6 is 81.2 Å². The summed E-state index contributed by atoms with van der Waals surface area (Å²) in [6.45, 7) is -0.391. The van der Waals surface area contributed by atoms with Crippen LogP contribution in [0.4, 0.5) is 21.0 Å². The molecule has 2 heterocycles. The second kappa shape index (κ2) is 16.2. The van der Waals surface area contributed by atoms with E-state index in [2.05, 4.69) is 0 Å². The first-order valence-corrected chi connectivity index (χ1v) is 16.5. The van der Waals surface area contributed by atoms with Crippen LogP contribution in [0.5, 0.6) is 0 Å². The van der Waals surface area contributed by atoms with Gasteiger partial charge in [0.1, 0.15) is 26.9 Å². The largest absolute Gasteiger partial charge is 0.340 e. The van der Waals surface area contributed by atoms with Crippen molar-refractivity contribution in [2.75, 3.05) is 36.7 Å². The van der Waals surface area contributed by atoms with Gasteiger partial charge in [0.2, 0.25) is 0 Å². The third kappa shape index (κ3) is 8.20. The predicted molar refractivity (Wildman–Crippen MR) is 191 cm³/mol. The summed E-state index contributed by atoms with van der Waals surface area (Å²) in [5.41, 5.74) is 1.11. The maximum atomic E-state index is 12.7. The van der Waals surface area contributed by atoms with Crippen molar-refractivity contribution >= 4 is 116 Å². The lowest BCUT2D eigenvalue weighted by Crippen LogP contribution is -2.53. The van der Waals surface area contributed by atoms with Crippen LogP contribution in [0.15, 0.2) is 78.9 Å². The Morgan fingerprint density at radius 1 is 0.490 bits per heavy atom. The molecule has 0 unspecified atom stereocenters. The molecule has 4 aromatic rings. The van der Waals surface area contributed by atoms with Gasteiger partial charge in [-0.25, -0.2) is 19.4 Å². The first-order chi connectivity index (χ1) is 23.4. The minimum Gasteiger partial charge on any atom is -0.340 e. The van der Waals surface area contributed by atoms with E-state index in [0.717, 1.165) is 9.80 Å². The highest BCUT2D eigenvalue weighted by Crippen LogP contribution is 2.32. The first-order valence-electron chi connectivity index (χ1n) is 13.9. The van der Waals surface area contributed by atoms with E-state index >= 15 is 0 Å². The Hall–Kier alpha value is -3.29. The molecule has 0 N–H and O–H groups in total. The van der Waals surface area contributed by atoms with Crippen LogP contribution < -0.4 is 9.80 Å². The van der Waals surface area contributed by atoms with Crippen LogP contribution in [0.3, 0.4) is 0 Å². The van der Waals surface area contributed by atoms with Gasteiger partial charge in [-0.3, -0.25) is 19.4 Å². The van der Waals surface area contributed by atoms with Gasteiger partial charge in [0.25, 0.3) is 11.8 Å². The van der Waals surface area contributed by atoms with Gasteiger partial charge in [-0.05, 0) is 66.7 Å². The fourth-order valence-corrected chi connectivity index (χ4v) is 6.10. The summed E-state index contributed by atoms with van der Waals surface area (Å²) in [5.74, 6) is -1.26. The molecule has 254 valence electrons. The zero-order valence-electron chi connectivity index (χ0n) is 24.7. The lowest BCUT2D eigenvalue weighted by Gasteiger charge is -2.34. The fourth-order valence-electron chi connectivity index (χ4n) is 4.57. The minimum absolute atomic E-state index is 0.0283. The van der Waals surface area contributed by atoms with E-state index in [4.69, 9.17) is 90.7 Å². The van der Waals surface area contributed by atoms with Crippen molar-refractivity contribution < 1.29 is 28.7 Å². The van der Waals surface area contributed by atoms with Crippen molar-refractivity contribution in [2.45, 2.75) is 0 Å². The maximum absolute atomic E-state index is 12.7. The highest BCUT2D eigenvalue weighted by Gasteiger charge is 2.35. The molecule has 10 nitrogen and oxygen atoms in total. The number of amides is 6. The lowest BCUT2D eigenvalue weighted by atomic mass is 10.2. The number of hydrogen-bond acceptors (Lipinski definition) is 6. The molecule has 0 aromatic heterocycles. The first kappa shape index (κ1) is 37.0. The van der Waals surface area contributed by atoms with E-state index in [9.17, 15) is 19.2 Å². The zero-order chi connectivity index (χ0) is 35.4. The monoisotopic (exact) mass is 802 g/mol. The summed E-state index contributed by atoms with van der Waals surface area (Å²) in [6.07, 6.45) is 0. The second-order valence-electron chi connectivity index (χ2n) is 10.1. The molecule has 17 heteroatoms. The molecule has 2 saturated heterocycles. The molecular weight excluding hydrogens is 785 g/mol. The highest BCUT2D eigenvalue weighted by atomic mass is 35.5. The van der Waals surface area contributed by atoms with Gasteiger partial charge in [0, 0.05) is 16.4 Å². The molecule has 2 aliphatic rings. The van der Waals surface area contributed by atoms with Gasteiger partial charge in [-0.2, -0.15) is 0 Å². The summed E-state index contributed by atoms with van der Waals surface area (Å²) in [6, 6.07) is 19.5. The Kier molecular flexibility index (Phi) is 12.2. The molecule has 0 aliphatic carbocycles. The Labute approximate surface area is 315 Å². The van der Waals surface area contributed by atoms with Crippen molar-refractivity contribution in [3.8, 4) is 0 Å². The number of hydrogen-bond donors (Lipinski definition) is 0. The average molecular weight is 806 g/mol. The van der Waals surface area contributed by atoms with Gasteiger partial charge in [-0.1, -0.05) is 93.3 Å². The van der Waals surface area contributed by atoms with E-state index < -0.39 is 23.9 Å². The SMILES string of the molecule is O=C(c1c(Cl)cccc1Cl)N1COCN(c2ccc(Cl)c(Cl)c2)C1=O.O=C(c1c(Cl)cccc1Cl)N1COCN(c2ccc(Cl)cc2)C1=O. The highest BCUT2D eigenvalue weighted by molar-refractivity contribution is 6.42. The topological polar surface area (TPSA) is 99.7 Å². The summed E-state index contributed by atoms with van der Waals surface area (Å²) in [5, 5.41) is 1.82. The summed E-state index contributed by atoms with van der Waals surface area (Å²) in [7, 11) is 0.